The molecule has 186 valence electrons. The van der Waals surface area contributed by atoms with Crippen molar-refractivity contribution in [2.75, 3.05) is 32.3 Å². The monoisotopic (exact) mass is 485 g/mol. The van der Waals surface area contributed by atoms with Crippen LogP contribution in [0.1, 0.15) is 29.3 Å². The quantitative estimate of drug-likeness (QED) is 0.340. The Morgan fingerprint density at radius 1 is 0.972 bits per heavy atom. The lowest BCUT2D eigenvalue weighted by Crippen LogP contribution is -2.25. The lowest BCUT2D eigenvalue weighted by molar-refractivity contribution is -0.117. The van der Waals surface area contributed by atoms with Gasteiger partial charge in [-0.3, -0.25) is 4.79 Å². The minimum absolute atomic E-state index is 0.0387. The fourth-order valence-corrected chi connectivity index (χ4v) is 4.89. The number of carbonyl (C=O) groups is 1. The molecule has 0 radical (unpaired) electrons. The number of hydrogen-bond donors (Lipinski definition) is 0. The van der Waals surface area contributed by atoms with Crippen molar-refractivity contribution >= 4 is 22.6 Å². The molecule has 4 aromatic rings. The van der Waals surface area contributed by atoms with E-state index >= 15 is 0 Å². The van der Waals surface area contributed by atoms with Crippen LogP contribution >= 0.6 is 0 Å². The largest absolute Gasteiger partial charge is 0.497 e. The van der Waals surface area contributed by atoms with E-state index in [4.69, 9.17) is 19.2 Å². The molecule has 5 rings (SSSR count). The minimum Gasteiger partial charge on any atom is -0.497 e. The summed E-state index contributed by atoms with van der Waals surface area (Å²) in [6.45, 7) is 5.82. The van der Waals surface area contributed by atoms with Gasteiger partial charge in [0, 0.05) is 24.9 Å². The predicted molar refractivity (Wildman–Crippen MR) is 140 cm³/mol. The molecule has 3 aromatic carbocycles. The SMILES string of the molecule is COc1ccc(OC)c(N2CC(c3nc4ccccc4n3CCOc3cccc(C)c3C)CC2=O)c1. The first-order chi connectivity index (χ1) is 17.5. The van der Waals surface area contributed by atoms with Crippen LogP contribution in [-0.4, -0.2) is 42.8 Å². The molecule has 36 heavy (non-hydrogen) atoms. The second-order valence-corrected chi connectivity index (χ2v) is 9.10. The zero-order valence-electron chi connectivity index (χ0n) is 21.2. The fourth-order valence-electron chi connectivity index (χ4n) is 4.89. The van der Waals surface area contributed by atoms with Gasteiger partial charge in [0.05, 0.1) is 37.5 Å². The van der Waals surface area contributed by atoms with Gasteiger partial charge >= 0.3 is 0 Å². The molecular weight excluding hydrogens is 454 g/mol. The number of nitrogens with zero attached hydrogens (tertiary/aromatic N) is 3. The highest BCUT2D eigenvalue weighted by Gasteiger charge is 2.36. The van der Waals surface area contributed by atoms with E-state index in [1.165, 1.54) is 5.56 Å². The van der Waals surface area contributed by atoms with Gasteiger partial charge in [-0.05, 0) is 55.3 Å². The Hall–Kier alpha value is -4.00. The molecule has 0 saturated carbocycles. The number of hydrogen-bond acceptors (Lipinski definition) is 5. The van der Waals surface area contributed by atoms with Gasteiger partial charge in [-0.25, -0.2) is 4.98 Å². The molecule has 1 amide bonds. The van der Waals surface area contributed by atoms with Gasteiger partial charge in [-0.1, -0.05) is 24.3 Å². The summed E-state index contributed by atoms with van der Waals surface area (Å²) >= 11 is 0. The summed E-state index contributed by atoms with van der Waals surface area (Å²) in [5.74, 6) is 3.10. The van der Waals surface area contributed by atoms with Crippen LogP contribution in [0, 0.1) is 13.8 Å². The number of para-hydroxylation sites is 2. The van der Waals surface area contributed by atoms with Gasteiger partial charge in [-0.2, -0.15) is 0 Å². The number of aromatic nitrogens is 2. The molecule has 1 unspecified atom stereocenters. The van der Waals surface area contributed by atoms with E-state index in [1.54, 1.807) is 19.1 Å². The molecule has 0 spiro atoms. The standard InChI is InChI=1S/C29H31N3O4/c1-19-8-7-11-26(20(19)2)36-15-14-31-24-10-6-5-9-23(24)30-29(31)21-16-28(33)32(18-21)25-17-22(34-3)12-13-27(25)35-4/h5-13,17,21H,14-16,18H2,1-4H3. The molecule has 1 aliphatic rings. The molecule has 0 N–H and O–H groups in total. The summed E-state index contributed by atoms with van der Waals surface area (Å²) in [4.78, 5) is 19.9. The first kappa shape index (κ1) is 23.7. The zero-order chi connectivity index (χ0) is 25.2. The Kier molecular flexibility index (Phi) is 6.55. The molecule has 1 saturated heterocycles. The van der Waals surface area contributed by atoms with E-state index in [2.05, 4.69) is 30.5 Å². The molecule has 0 aliphatic carbocycles. The van der Waals surface area contributed by atoms with E-state index in [9.17, 15) is 4.79 Å². The highest BCUT2D eigenvalue weighted by molar-refractivity contribution is 5.98. The second kappa shape index (κ2) is 9.93. The van der Waals surface area contributed by atoms with Crippen molar-refractivity contribution in [2.45, 2.75) is 32.7 Å². The van der Waals surface area contributed by atoms with Crippen molar-refractivity contribution in [3.05, 3.63) is 77.6 Å². The number of benzene rings is 3. The maximum Gasteiger partial charge on any atom is 0.227 e. The molecule has 1 fully saturated rings. The molecule has 1 aliphatic heterocycles. The number of amides is 1. The number of fused-ring (bicyclic) bond motifs is 1. The third kappa shape index (κ3) is 4.37. The number of carbonyl (C=O) groups excluding carboxylic acids is 1. The van der Waals surface area contributed by atoms with E-state index in [1.807, 2.05) is 48.5 Å². The summed E-state index contributed by atoms with van der Waals surface area (Å²) < 4.78 is 19.3. The van der Waals surface area contributed by atoms with Crippen LogP contribution in [0.25, 0.3) is 11.0 Å². The van der Waals surface area contributed by atoms with Crippen LogP contribution in [0.3, 0.4) is 0 Å². The summed E-state index contributed by atoms with van der Waals surface area (Å²) in [6.07, 6.45) is 0.377. The number of rotatable bonds is 8. The Bertz CT molecular complexity index is 1410. The smallest absolute Gasteiger partial charge is 0.227 e. The van der Waals surface area contributed by atoms with Gasteiger partial charge in [0.2, 0.25) is 5.91 Å². The van der Waals surface area contributed by atoms with Crippen molar-refractivity contribution in [3.63, 3.8) is 0 Å². The molecule has 1 aromatic heterocycles. The molecule has 2 heterocycles. The second-order valence-electron chi connectivity index (χ2n) is 9.10. The Labute approximate surface area is 211 Å². The van der Waals surface area contributed by atoms with E-state index in [0.29, 0.717) is 43.3 Å². The third-order valence-corrected chi connectivity index (χ3v) is 6.98. The van der Waals surface area contributed by atoms with Gasteiger partial charge in [0.15, 0.2) is 0 Å². The third-order valence-electron chi connectivity index (χ3n) is 6.98. The van der Waals surface area contributed by atoms with Crippen molar-refractivity contribution < 1.29 is 19.0 Å². The van der Waals surface area contributed by atoms with Crippen LogP contribution in [-0.2, 0) is 11.3 Å². The van der Waals surface area contributed by atoms with Gasteiger partial charge in [0.1, 0.15) is 29.7 Å². The highest BCUT2D eigenvalue weighted by atomic mass is 16.5. The fraction of sp³-hybridized carbons (Fsp3) is 0.310. The Morgan fingerprint density at radius 2 is 1.81 bits per heavy atom. The topological polar surface area (TPSA) is 65.8 Å². The summed E-state index contributed by atoms with van der Waals surface area (Å²) in [5.41, 5.74) is 5.03. The van der Waals surface area contributed by atoms with Crippen molar-refractivity contribution in [1.29, 1.82) is 0 Å². The Morgan fingerprint density at radius 3 is 2.61 bits per heavy atom. The Balaban J connectivity index is 1.43. The van der Waals surface area contributed by atoms with Crippen molar-refractivity contribution in [1.82, 2.24) is 9.55 Å². The number of imidazole rings is 1. The van der Waals surface area contributed by atoms with E-state index in [0.717, 1.165) is 28.2 Å². The van der Waals surface area contributed by atoms with E-state index < -0.39 is 0 Å². The minimum atomic E-state index is -0.0542. The number of aryl methyl sites for hydroxylation is 1. The molecular formula is C29H31N3O4. The summed E-state index contributed by atoms with van der Waals surface area (Å²) in [6, 6.07) is 19.7. The molecule has 0 bridgehead atoms. The lowest BCUT2D eigenvalue weighted by Gasteiger charge is -2.20. The van der Waals surface area contributed by atoms with Crippen LogP contribution in [0.15, 0.2) is 60.7 Å². The lowest BCUT2D eigenvalue weighted by atomic mass is 10.1. The van der Waals surface area contributed by atoms with Crippen molar-refractivity contribution in [2.24, 2.45) is 0 Å². The van der Waals surface area contributed by atoms with E-state index in [-0.39, 0.29) is 11.8 Å². The van der Waals surface area contributed by atoms with Gasteiger partial charge in [-0.15, -0.1) is 0 Å². The number of anilines is 1. The van der Waals surface area contributed by atoms with Crippen LogP contribution in [0.5, 0.6) is 17.2 Å². The first-order valence-corrected chi connectivity index (χ1v) is 12.2. The van der Waals surface area contributed by atoms with Crippen LogP contribution in [0.4, 0.5) is 5.69 Å². The molecule has 7 nitrogen and oxygen atoms in total. The van der Waals surface area contributed by atoms with Crippen LogP contribution in [0.2, 0.25) is 0 Å². The number of ether oxygens (including phenoxy) is 3. The van der Waals surface area contributed by atoms with Crippen molar-refractivity contribution in [3.8, 4) is 17.2 Å². The molecule has 7 heteroatoms. The average Bonchev–Trinajstić information content (AvgIpc) is 3.46. The average molecular weight is 486 g/mol. The highest BCUT2D eigenvalue weighted by Crippen LogP contribution is 2.39. The molecule has 1 atom stereocenters. The number of methoxy groups -OCH3 is 2. The first-order valence-electron chi connectivity index (χ1n) is 12.2. The maximum absolute atomic E-state index is 13.2. The predicted octanol–water partition coefficient (Wildman–Crippen LogP) is 5.27. The summed E-state index contributed by atoms with van der Waals surface area (Å²) in [5, 5.41) is 0. The van der Waals surface area contributed by atoms with Crippen LogP contribution < -0.4 is 19.1 Å². The maximum atomic E-state index is 13.2. The zero-order valence-corrected chi connectivity index (χ0v) is 21.2. The normalized spacial score (nSPS) is 15.5. The van der Waals surface area contributed by atoms with Gasteiger partial charge in [0.25, 0.3) is 0 Å². The van der Waals surface area contributed by atoms with Gasteiger partial charge < -0.3 is 23.7 Å². The summed E-state index contributed by atoms with van der Waals surface area (Å²) in [7, 11) is 3.22.